The van der Waals surface area contributed by atoms with Crippen molar-refractivity contribution in [2.45, 2.75) is 11.0 Å². The van der Waals surface area contributed by atoms with Gasteiger partial charge in [-0.25, -0.2) is 4.39 Å². The van der Waals surface area contributed by atoms with Crippen LogP contribution in [0.25, 0.3) is 0 Å². The largest absolute Gasteiger partial charge is 0.491 e. The summed E-state index contributed by atoms with van der Waals surface area (Å²) in [5, 5.41) is 9.84. The second kappa shape index (κ2) is 7.17. The van der Waals surface area contributed by atoms with E-state index in [-0.39, 0.29) is 12.4 Å². The van der Waals surface area contributed by atoms with Crippen molar-refractivity contribution in [1.29, 1.82) is 0 Å². The maximum Gasteiger partial charge on any atom is 0.123 e. The second-order valence-corrected chi connectivity index (χ2v) is 5.40. The fraction of sp³-hybridized carbons (Fsp3) is 0.200. The Bertz CT molecular complexity index is 548. The molecule has 0 fully saturated rings. The molecule has 0 saturated heterocycles. The molecule has 3 N–H and O–H groups in total. The lowest BCUT2D eigenvalue weighted by molar-refractivity contribution is 0.126. The van der Waals surface area contributed by atoms with Gasteiger partial charge in [0, 0.05) is 22.4 Å². The lowest BCUT2D eigenvalue weighted by atomic mass is 10.3. The number of ether oxygens (including phenoxy) is 1. The zero-order valence-electron chi connectivity index (χ0n) is 10.8. The zero-order chi connectivity index (χ0) is 14.4. The monoisotopic (exact) mass is 293 g/mol. The van der Waals surface area contributed by atoms with Crippen LogP contribution in [0.3, 0.4) is 0 Å². The smallest absolute Gasteiger partial charge is 0.123 e. The minimum Gasteiger partial charge on any atom is -0.491 e. The van der Waals surface area contributed by atoms with Gasteiger partial charge in [-0.05, 0) is 36.4 Å². The van der Waals surface area contributed by atoms with E-state index in [4.69, 9.17) is 10.5 Å². The molecule has 0 aliphatic heterocycles. The molecule has 3 nitrogen and oxygen atoms in total. The maximum absolute atomic E-state index is 12.7. The van der Waals surface area contributed by atoms with E-state index in [0.29, 0.717) is 17.2 Å². The van der Waals surface area contributed by atoms with Crippen LogP contribution in [-0.4, -0.2) is 23.6 Å². The summed E-state index contributed by atoms with van der Waals surface area (Å²) in [4.78, 5) is 0.911. The first kappa shape index (κ1) is 14.7. The van der Waals surface area contributed by atoms with Gasteiger partial charge in [-0.15, -0.1) is 11.8 Å². The Morgan fingerprint density at radius 1 is 1.20 bits per heavy atom. The molecule has 2 aromatic carbocycles. The Morgan fingerprint density at radius 3 is 2.65 bits per heavy atom. The Balaban J connectivity index is 1.75. The summed E-state index contributed by atoms with van der Waals surface area (Å²) in [7, 11) is 0. The number of hydrogen-bond acceptors (Lipinski definition) is 4. The van der Waals surface area contributed by atoms with E-state index in [1.807, 2.05) is 0 Å². The van der Waals surface area contributed by atoms with Gasteiger partial charge < -0.3 is 15.6 Å². The number of aliphatic hydroxyl groups is 1. The Labute approximate surface area is 121 Å². The minimum absolute atomic E-state index is 0.192. The number of thioether (sulfide) groups is 1. The molecule has 5 heteroatoms. The maximum atomic E-state index is 12.7. The van der Waals surface area contributed by atoms with Crippen LogP contribution in [0.1, 0.15) is 0 Å². The highest BCUT2D eigenvalue weighted by Gasteiger charge is 2.07. The Morgan fingerprint density at radius 2 is 1.95 bits per heavy atom. The molecule has 1 unspecified atom stereocenters. The third-order valence-corrected chi connectivity index (χ3v) is 3.71. The summed E-state index contributed by atoms with van der Waals surface area (Å²) in [5.74, 6) is 0.851. The van der Waals surface area contributed by atoms with Crippen LogP contribution in [-0.2, 0) is 0 Å². The van der Waals surface area contributed by atoms with Crippen molar-refractivity contribution in [3.63, 3.8) is 0 Å². The molecule has 0 aliphatic carbocycles. The van der Waals surface area contributed by atoms with Crippen molar-refractivity contribution in [3.8, 4) is 5.75 Å². The average Bonchev–Trinajstić information content (AvgIpc) is 2.45. The third kappa shape index (κ3) is 4.75. The van der Waals surface area contributed by atoms with E-state index in [2.05, 4.69) is 0 Å². The molecular formula is C15H16FNO2S. The highest BCUT2D eigenvalue weighted by Crippen LogP contribution is 2.20. The second-order valence-electron chi connectivity index (χ2n) is 4.30. The molecule has 2 aromatic rings. The Kier molecular flexibility index (Phi) is 5.26. The van der Waals surface area contributed by atoms with E-state index in [0.717, 1.165) is 4.90 Å². The zero-order valence-corrected chi connectivity index (χ0v) is 11.6. The molecule has 0 bridgehead atoms. The van der Waals surface area contributed by atoms with Crippen LogP contribution in [0, 0.1) is 5.82 Å². The Hall–Kier alpha value is -1.72. The van der Waals surface area contributed by atoms with Gasteiger partial charge in [0.1, 0.15) is 18.2 Å². The third-order valence-electron chi connectivity index (χ3n) is 2.56. The number of benzene rings is 2. The first-order valence-electron chi connectivity index (χ1n) is 6.18. The standard InChI is InChI=1S/C15H16FNO2S/c16-11-4-6-15(7-5-11)20-10-13(18)9-19-14-3-1-2-12(17)8-14/h1-8,13,18H,9-10,17H2. The molecule has 0 aliphatic rings. The molecular weight excluding hydrogens is 277 g/mol. The SMILES string of the molecule is Nc1cccc(OCC(O)CSc2ccc(F)cc2)c1. The van der Waals surface area contributed by atoms with E-state index >= 15 is 0 Å². The van der Waals surface area contributed by atoms with Gasteiger partial charge in [-0.1, -0.05) is 6.07 Å². The van der Waals surface area contributed by atoms with Crippen LogP contribution in [0.4, 0.5) is 10.1 Å². The normalized spacial score (nSPS) is 12.1. The van der Waals surface area contributed by atoms with Gasteiger partial charge in [-0.3, -0.25) is 0 Å². The molecule has 0 saturated carbocycles. The highest BCUT2D eigenvalue weighted by atomic mass is 32.2. The molecule has 1 atom stereocenters. The van der Waals surface area contributed by atoms with Crippen molar-refractivity contribution in [1.82, 2.24) is 0 Å². The van der Waals surface area contributed by atoms with E-state index in [1.165, 1.54) is 23.9 Å². The molecule has 0 aromatic heterocycles. The van der Waals surface area contributed by atoms with Gasteiger partial charge >= 0.3 is 0 Å². The highest BCUT2D eigenvalue weighted by molar-refractivity contribution is 7.99. The fourth-order valence-corrected chi connectivity index (χ4v) is 2.38. The number of nitrogen functional groups attached to an aromatic ring is 1. The molecule has 0 radical (unpaired) electrons. The van der Waals surface area contributed by atoms with Crippen LogP contribution >= 0.6 is 11.8 Å². The van der Waals surface area contributed by atoms with Gasteiger partial charge in [0.2, 0.25) is 0 Å². The fourth-order valence-electron chi connectivity index (χ4n) is 1.57. The minimum atomic E-state index is -0.605. The summed E-state index contributed by atoms with van der Waals surface area (Å²) >= 11 is 1.45. The number of anilines is 1. The number of rotatable bonds is 6. The summed E-state index contributed by atoms with van der Waals surface area (Å²) < 4.78 is 18.2. The van der Waals surface area contributed by atoms with Gasteiger partial charge in [0.05, 0.1) is 6.10 Å². The summed E-state index contributed by atoms with van der Waals surface area (Å²) in [6, 6.07) is 13.2. The summed E-state index contributed by atoms with van der Waals surface area (Å²) in [6.45, 7) is 0.192. The van der Waals surface area contributed by atoms with Crippen molar-refractivity contribution < 1.29 is 14.2 Å². The lowest BCUT2D eigenvalue weighted by Crippen LogP contribution is -2.20. The van der Waals surface area contributed by atoms with Crippen LogP contribution in [0.2, 0.25) is 0 Å². The first-order chi connectivity index (χ1) is 9.63. The van der Waals surface area contributed by atoms with E-state index in [9.17, 15) is 9.50 Å². The topological polar surface area (TPSA) is 55.5 Å². The summed E-state index contributed by atoms with van der Waals surface area (Å²) in [6.07, 6.45) is -0.605. The van der Waals surface area contributed by atoms with Crippen LogP contribution in [0.15, 0.2) is 53.4 Å². The molecule has 0 amide bonds. The molecule has 20 heavy (non-hydrogen) atoms. The van der Waals surface area contributed by atoms with Gasteiger partial charge in [0.15, 0.2) is 0 Å². The molecule has 0 spiro atoms. The number of hydrogen-bond donors (Lipinski definition) is 2. The van der Waals surface area contributed by atoms with E-state index in [1.54, 1.807) is 36.4 Å². The number of halogens is 1. The number of aliphatic hydroxyl groups excluding tert-OH is 1. The van der Waals surface area contributed by atoms with Gasteiger partial charge in [-0.2, -0.15) is 0 Å². The quantitative estimate of drug-likeness (QED) is 0.635. The predicted molar refractivity (Wildman–Crippen MR) is 79.5 cm³/mol. The van der Waals surface area contributed by atoms with Gasteiger partial charge in [0.25, 0.3) is 0 Å². The van der Waals surface area contributed by atoms with Crippen LogP contribution < -0.4 is 10.5 Å². The molecule has 106 valence electrons. The number of nitrogens with two attached hydrogens (primary N) is 1. The lowest BCUT2D eigenvalue weighted by Gasteiger charge is -2.12. The molecule has 2 rings (SSSR count). The molecule has 0 heterocycles. The van der Waals surface area contributed by atoms with Crippen molar-refractivity contribution in [3.05, 3.63) is 54.3 Å². The first-order valence-corrected chi connectivity index (χ1v) is 7.17. The van der Waals surface area contributed by atoms with Crippen molar-refractivity contribution >= 4 is 17.4 Å². The predicted octanol–water partition coefficient (Wildman–Crippen LogP) is 2.94. The average molecular weight is 293 g/mol. The van der Waals surface area contributed by atoms with Crippen molar-refractivity contribution in [2.24, 2.45) is 0 Å². The van der Waals surface area contributed by atoms with Crippen molar-refractivity contribution in [2.75, 3.05) is 18.1 Å². The van der Waals surface area contributed by atoms with E-state index < -0.39 is 6.10 Å². The summed E-state index contributed by atoms with van der Waals surface area (Å²) in [5.41, 5.74) is 6.26. The van der Waals surface area contributed by atoms with Crippen LogP contribution in [0.5, 0.6) is 5.75 Å².